The fourth-order valence-corrected chi connectivity index (χ4v) is 2.33. The summed E-state index contributed by atoms with van der Waals surface area (Å²) in [6, 6.07) is 9.52. The number of benzene rings is 1. The zero-order valence-electron chi connectivity index (χ0n) is 10.2. The van der Waals surface area contributed by atoms with Crippen molar-refractivity contribution in [2.75, 3.05) is 5.32 Å². The average Bonchev–Trinajstić information content (AvgIpc) is 2.38. The highest BCUT2D eigenvalue weighted by Gasteiger charge is 2.30. The van der Waals surface area contributed by atoms with Crippen molar-refractivity contribution in [1.29, 1.82) is 0 Å². The van der Waals surface area contributed by atoms with Gasteiger partial charge in [0.1, 0.15) is 0 Å². The van der Waals surface area contributed by atoms with Gasteiger partial charge in [0.2, 0.25) is 6.10 Å². The first-order valence-corrected chi connectivity index (χ1v) is 6.62. The molecule has 0 radical (unpaired) electrons. The van der Waals surface area contributed by atoms with E-state index in [2.05, 4.69) is 26.2 Å². The molecule has 1 aromatic heterocycles. The van der Waals surface area contributed by atoms with E-state index in [1.54, 1.807) is 12.3 Å². The molecule has 1 N–H and O–H groups in total. The monoisotopic (exact) mass is 318 g/mol. The van der Waals surface area contributed by atoms with E-state index in [0.717, 1.165) is 15.6 Å². The summed E-state index contributed by atoms with van der Waals surface area (Å²) in [6.45, 7) is 1.98. The molecule has 0 aliphatic carbocycles. The van der Waals surface area contributed by atoms with Crippen LogP contribution in [0.1, 0.15) is 17.2 Å². The number of ether oxygens (including phenoxy) is 1. The summed E-state index contributed by atoms with van der Waals surface area (Å²) in [5.41, 5.74) is 1.93. The molecule has 0 bridgehead atoms. The molecule has 3 rings (SSSR count). The minimum Gasteiger partial charge on any atom is -0.472 e. The van der Waals surface area contributed by atoms with Crippen LogP contribution in [0.4, 0.5) is 5.82 Å². The largest absolute Gasteiger partial charge is 0.472 e. The minimum atomic E-state index is -0.636. The lowest BCUT2D eigenvalue weighted by molar-refractivity contribution is -0.123. The molecular formula is C14H11BrN2O2. The number of anilines is 1. The number of aromatic nitrogens is 1. The molecule has 4 nitrogen and oxygen atoms in total. The highest BCUT2D eigenvalue weighted by Crippen LogP contribution is 2.35. The Kier molecular flexibility index (Phi) is 2.98. The van der Waals surface area contributed by atoms with Crippen LogP contribution in [0.5, 0.6) is 5.75 Å². The van der Waals surface area contributed by atoms with Crippen LogP contribution < -0.4 is 10.1 Å². The quantitative estimate of drug-likeness (QED) is 0.878. The number of fused-ring (bicyclic) bond motifs is 1. The number of carbonyl (C=O) groups excluding carboxylic acids is 1. The molecule has 1 unspecified atom stereocenters. The van der Waals surface area contributed by atoms with Crippen LogP contribution in [0.3, 0.4) is 0 Å². The summed E-state index contributed by atoms with van der Waals surface area (Å²) in [6.07, 6.45) is 0.985. The molecule has 5 heteroatoms. The molecular weight excluding hydrogens is 308 g/mol. The molecule has 1 atom stereocenters. The zero-order chi connectivity index (χ0) is 13.4. The van der Waals surface area contributed by atoms with Crippen LogP contribution in [0.25, 0.3) is 0 Å². The smallest absolute Gasteiger partial charge is 0.271 e. The molecule has 1 amide bonds. The van der Waals surface area contributed by atoms with Gasteiger partial charge in [0, 0.05) is 16.2 Å². The van der Waals surface area contributed by atoms with Crippen molar-refractivity contribution in [2.45, 2.75) is 13.0 Å². The van der Waals surface area contributed by atoms with E-state index in [9.17, 15) is 4.79 Å². The first-order valence-electron chi connectivity index (χ1n) is 5.83. The van der Waals surface area contributed by atoms with Crippen LogP contribution in [0.15, 0.2) is 41.0 Å². The van der Waals surface area contributed by atoms with Gasteiger partial charge in [-0.1, -0.05) is 29.8 Å². The number of aryl methyl sites for hydroxylation is 1. The Bertz CT molecular complexity index is 658. The van der Waals surface area contributed by atoms with Gasteiger partial charge in [-0.2, -0.15) is 0 Å². The fraction of sp³-hybridized carbons (Fsp3) is 0.143. The SMILES string of the molecule is Cc1cccc(C2Oc3cc(Br)cnc3NC2=O)c1. The molecule has 0 saturated heterocycles. The Balaban J connectivity index is 1.99. The number of carbonyl (C=O) groups is 1. The third-order valence-corrected chi connectivity index (χ3v) is 3.32. The molecule has 0 fully saturated rings. The highest BCUT2D eigenvalue weighted by molar-refractivity contribution is 9.10. The predicted molar refractivity (Wildman–Crippen MR) is 75.1 cm³/mol. The van der Waals surface area contributed by atoms with E-state index in [0.29, 0.717) is 11.6 Å². The third-order valence-electron chi connectivity index (χ3n) is 2.89. The van der Waals surface area contributed by atoms with Crippen molar-refractivity contribution < 1.29 is 9.53 Å². The third kappa shape index (κ3) is 2.33. The molecule has 0 saturated carbocycles. The van der Waals surface area contributed by atoms with E-state index >= 15 is 0 Å². The van der Waals surface area contributed by atoms with E-state index < -0.39 is 6.10 Å². The Morgan fingerprint density at radius 2 is 2.21 bits per heavy atom. The number of hydrogen-bond acceptors (Lipinski definition) is 3. The van der Waals surface area contributed by atoms with E-state index in [1.165, 1.54) is 0 Å². The number of nitrogens with zero attached hydrogens (tertiary/aromatic N) is 1. The summed E-state index contributed by atoms with van der Waals surface area (Å²) >= 11 is 3.34. The van der Waals surface area contributed by atoms with Gasteiger partial charge in [0.25, 0.3) is 5.91 Å². The molecule has 1 aliphatic rings. The number of pyridine rings is 1. The van der Waals surface area contributed by atoms with Gasteiger partial charge in [0.15, 0.2) is 11.6 Å². The van der Waals surface area contributed by atoms with Gasteiger partial charge in [-0.3, -0.25) is 4.79 Å². The Labute approximate surface area is 118 Å². The van der Waals surface area contributed by atoms with Gasteiger partial charge < -0.3 is 10.1 Å². The lowest BCUT2D eigenvalue weighted by Crippen LogP contribution is -2.30. The number of nitrogens with one attached hydrogen (secondary N) is 1. The predicted octanol–water partition coefficient (Wildman–Crippen LogP) is 3.22. The molecule has 96 valence electrons. The van der Waals surface area contributed by atoms with Crippen LogP contribution in [-0.2, 0) is 4.79 Å². The molecule has 2 aromatic rings. The number of amides is 1. The first-order chi connectivity index (χ1) is 9.13. The number of hydrogen-bond donors (Lipinski definition) is 1. The normalized spacial score (nSPS) is 17.4. The average molecular weight is 319 g/mol. The molecule has 19 heavy (non-hydrogen) atoms. The van der Waals surface area contributed by atoms with Gasteiger partial charge in [-0.05, 0) is 28.9 Å². The lowest BCUT2D eigenvalue weighted by atomic mass is 10.1. The number of halogens is 1. The lowest BCUT2D eigenvalue weighted by Gasteiger charge is -2.25. The molecule has 1 aromatic carbocycles. The van der Waals surface area contributed by atoms with Crippen molar-refractivity contribution in [3.05, 3.63) is 52.1 Å². The summed E-state index contributed by atoms with van der Waals surface area (Å²) in [5, 5.41) is 2.76. The number of rotatable bonds is 1. The second kappa shape index (κ2) is 4.66. The summed E-state index contributed by atoms with van der Waals surface area (Å²) < 4.78 is 6.57. The summed E-state index contributed by atoms with van der Waals surface area (Å²) in [5.74, 6) is 0.825. The maximum absolute atomic E-state index is 12.1. The van der Waals surface area contributed by atoms with Crippen LogP contribution in [-0.4, -0.2) is 10.9 Å². The molecule has 0 spiro atoms. The van der Waals surface area contributed by atoms with E-state index in [-0.39, 0.29) is 5.91 Å². The van der Waals surface area contributed by atoms with Crippen molar-refractivity contribution in [3.8, 4) is 5.75 Å². The highest BCUT2D eigenvalue weighted by atomic mass is 79.9. The van der Waals surface area contributed by atoms with Crippen molar-refractivity contribution in [1.82, 2.24) is 4.98 Å². The van der Waals surface area contributed by atoms with Crippen LogP contribution in [0, 0.1) is 6.92 Å². The van der Waals surface area contributed by atoms with E-state index in [4.69, 9.17) is 4.74 Å². The topological polar surface area (TPSA) is 51.2 Å². The van der Waals surface area contributed by atoms with Gasteiger partial charge >= 0.3 is 0 Å². The van der Waals surface area contributed by atoms with Crippen LogP contribution in [0.2, 0.25) is 0 Å². The van der Waals surface area contributed by atoms with Gasteiger partial charge in [-0.15, -0.1) is 0 Å². The summed E-state index contributed by atoms with van der Waals surface area (Å²) in [7, 11) is 0. The minimum absolute atomic E-state index is 0.201. The maximum Gasteiger partial charge on any atom is 0.271 e. The standard InChI is InChI=1S/C14H11BrN2O2/c1-8-3-2-4-9(5-8)12-14(18)17-13-11(19-12)6-10(15)7-16-13/h2-7,12H,1H3,(H,16,17,18). The van der Waals surface area contributed by atoms with Crippen molar-refractivity contribution in [2.24, 2.45) is 0 Å². The molecule has 2 heterocycles. The Morgan fingerprint density at radius 1 is 1.37 bits per heavy atom. The Morgan fingerprint density at radius 3 is 3.00 bits per heavy atom. The van der Waals surface area contributed by atoms with Gasteiger partial charge in [0.05, 0.1) is 0 Å². The van der Waals surface area contributed by atoms with Crippen molar-refractivity contribution >= 4 is 27.7 Å². The maximum atomic E-state index is 12.1. The fourth-order valence-electron chi connectivity index (χ4n) is 2.02. The van der Waals surface area contributed by atoms with E-state index in [1.807, 2.05) is 31.2 Å². The Hall–Kier alpha value is -1.88. The second-order valence-corrected chi connectivity index (χ2v) is 5.32. The first kappa shape index (κ1) is 12.2. The molecule has 1 aliphatic heterocycles. The van der Waals surface area contributed by atoms with Gasteiger partial charge in [-0.25, -0.2) is 4.98 Å². The summed E-state index contributed by atoms with van der Waals surface area (Å²) in [4.78, 5) is 16.2. The van der Waals surface area contributed by atoms with Crippen LogP contribution >= 0.6 is 15.9 Å². The second-order valence-electron chi connectivity index (χ2n) is 4.40. The zero-order valence-corrected chi connectivity index (χ0v) is 11.8. The van der Waals surface area contributed by atoms with Crippen molar-refractivity contribution in [3.63, 3.8) is 0 Å².